The highest BCUT2D eigenvalue weighted by molar-refractivity contribution is 6.46. The maximum absolute atomic E-state index is 13.0. The van der Waals surface area contributed by atoms with Crippen LogP contribution in [0.15, 0.2) is 48.3 Å². The van der Waals surface area contributed by atoms with E-state index in [2.05, 4.69) is 4.98 Å². The standard InChI is InChI=1S/C22H25N3O5/c1-24(2)10-11-25-19(14-6-5-9-23-13-14)18(21(27)22(25)28)20(26)16-8-7-15(29-3)12-17(16)30-4/h5-9,12-13,19,26H,10-11H2,1-4H3/b20-18+/t19-/m1/s1. The Bertz CT molecular complexity index is 972. The molecule has 1 N–H and O–H groups in total. The number of ketones is 1. The SMILES string of the molecule is COc1ccc(/C(O)=C2\C(=O)C(=O)N(CCN(C)C)[C@@H]2c2cccnc2)c(OC)c1. The number of aromatic nitrogens is 1. The molecule has 0 radical (unpaired) electrons. The van der Waals surface area contributed by atoms with Crippen LogP contribution in [0.1, 0.15) is 17.2 Å². The van der Waals surface area contributed by atoms with Crippen LogP contribution in [-0.4, -0.2) is 73.0 Å². The van der Waals surface area contributed by atoms with Crippen LogP contribution in [-0.2, 0) is 9.59 Å². The normalized spacial score (nSPS) is 18.2. The first-order valence-electron chi connectivity index (χ1n) is 9.44. The molecular formula is C22H25N3O5. The fourth-order valence-electron chi connectivity index (χ4n) is 3.44. The number of amides is 1. The molecule has 0 aliphatic carbocycles. The van der Waals surface area contributed by atoms with Gasteiger partial charge in [0.1, 0.15) is 17.3 Å². The molecule has 0 unspecified atom stereocenters. The van der Waals surface area contributed by atoms with Crippen molar-refractivity contribution >= 4 is 17.4 Å². The molecule has 1 aromatic heterocycles. The van der Waals surface area contributed by atoms with Crippen LogP contribution >= 0.6 is 0 Å². The number of likely N-dealkylation sites (tertiary alicyclic amines) is 1. The van der Waals surface area contributed by atoms with Gasteiger partial charge in [0.25, 0.3) is 11.7 Å². The molecule has 1 aromatic carbocycles. The zero-order chi connectivity index (χ0) is 21.8. The van der Waals surface area contributed by atoms with E-state index in [-0.39, 0.29) is 11.3 Å². The lowest BCUT2D eigenvalue weighted by Gasteiger charge is -2.26. The number of ether oxygens (including phenoxy) is 2. The summed E-state index contributed by atoms with van der Waals surface area (Å²) < 4.78 is 10.6. The first-order chi connectivity index (χ1) is 14.4. The van der Waals surface area contributed by atoms with Gasteiger partial charge in [-0.3, -0.25) is 14.6 Å². The number of rotatable bonds is 7. The number of methoxy groups -OCH3 is 2. The Labute approximate surface area is 175 Å². The van der Waals surface area contributed by atoms with E-state index in [1.165, 1.54) is 19.1 Å². The first kappa shape index (κ1) is 21.3. The van der Waals surface area contributed by atoms with Gasteiger partial charge >= 0.3 is 0 Å². The summed E-state index contributed by atoms with van der Waals surface area (Å²) >= 11 is 0. The van der Waals surface area contributed by atoms with Gasteiger partial charge in [0.2, 0.25) is 0 Å². The van der Waals surface area contributed by atoms with Crippen molar-refractivity contribution in [2.45, 2.75) is 6.04 Å². The summed E-state index contributed by atoms with van der Waals surface area (Å²) in [6.45, 7) is 0.892. The average molecular weight is 411 g/mol. The van der Waals surface area contributed by atoms with Crippen molar-refractivity contribution in [2.24, 2.45) is 0 Å². The molecule has 8 nitrogen and oxygen atoms in total. The summed E-state index contributed by atoms with van der Waals surface area (Å²) in [6.07, 6.45) is 3.21. The third-order valence-electron chi connectivity index (χ3n) is 4.99. The minimum atomic E-state index is -0.745. The number of hydrogen-bond donors (Lipinski definition) is 1. The molecule has 1 atom stereocenters. The molecule has 1 aliphatic rings. The van der Waals surface area contributed by atoms with Crippen molar-refractivity contribution in [3.8, 4) is 11.5 Å². The van der Waals surface area contributed by atoms with Crippen molar-refractivity contribution in [3.63, 3.8) is 0 Å². The predicted octanol–water partition coefficient (Wildman–Crippen LogP) is 2.08. The van der Waals surface area contributed by atoms with Gasteiger partial charge in [-0.15, -0.1) is 0 Å². The molecular weight excluding hydrogens is 386 g/mol. The number of benzene rings is 1. The van der Waals surface area contributed by atoms with Gasteiger partial charge < -0.3 is 24.4 Å². The van der Waals surface area contributed by atoms with Gasteiger partial charge in [0.15, 0.2) is 0 Å². The third-order valence-corrected chi connectivity index (χ3v) is 4.99. The molecule has 158 valence electrons. The number of aliphatic hydroxyl groups excluding tert-OH is 1. The van der Waals surface area contributed by atoms with Crippen molar-refractivity contribution in [1.82, 2.24) is 14.8 Å². The summed E-state index contributed by atoms with van der Waals surface area (Å²) in [5.74, 6) is -0.818. The molecule has 1 saturated heterocycles. The van der Waals surface area contributed by atoms with Crippen LogP contribution < -0.4 is 9.47 Å². The van der Waals surface area contributed by atoms with Crippen LogP contribution in [0.3, 0.4) is 0 Å². The van der Waals surface area contributed by atoms with E-state index >= 15 is 0 Å². The zero-order valence-corrected chi connectivity index (χ0v) is 17.5. The Kier molecular flexibility index (Phi) is 6.37. The molecule has 0 saturated carbocycles. The van der Waals surface area contributed by atoms with Gasteiger partial charge in [-0.05, 0) is 37.9 Å². The number of likely N-dealkylation sites (N-methyl/N-ethyl adjacent to an activating group) is 1. The fourth-order valence-corrected chi connectivity index (χ4v) is 3.44. The van der Waals surface area contributed by atoms with Gasteiger partial charge in [-0.1, -0.05) is 6.07 Å². The lowest BCUT2D eigenvalue weighted by atomic mass is 9.96. The van der Waals surface area contributed by atoms with Crippen LogP contribution in [0.5, 0.6) is 11.5 Å². The van der Waals surface area contributed by atoms with Gasteiger partial charge in [-0.2, -0.15) is 0 Å². The Balaban J connectivity index is 2.17. The van der Waals surface area contributed by atoms with Gasteiger partial charge in [0, 0.05) is 31.5 Å². The van der Waals surface area contributed by atoms with Crippen molar-refractivity contribution in [3.05, 3.63) is 59.4 Å². The Morgan fingerprint density at radius 3 is 2.57 bits per heavy atom. The van der Waals surface area contributed by atoms with Crippen LogP contribution in [0, 0.1) is 0 Å². The summed E-state index contributed by atoms with van der Waals surface area (Å²) in [5, 5.41) is 11.1. The molecule has 30 heavy (non-hydrogen) atoms. The van der Waals surface area contributed by atoms with Gasteiger partial charge in [0.05, 0.1) is 31.4 Å². The van der Waals surface area contributed by atoms with Crippen LogP contribution in [0.2, 0.25) is 0 Å². The lowest BCUT2D eigenvalue weighted by Crippen LogP contribution is -2.35. The highest BCUT2D eigenvalue weighted by atomic mass is 16.5. The second-order valence-electron chi connectivity index (χ2n) is 7.15. The highest BCUT2D eigenvalue weighted by Crippen LogP contribution is 2.41. The molecule has 3 rings (SSSR count). The number of nitrogens with zero attached hydrogens (tertiary/aromatic N) is 3. The van der Waals surface area contributed by atoms with E-state index in [9.17, 15) is 14.7 Å². The van der Waals surface area contributed by atoms with E-state index in [1.807, 2.05) is 19.0 Å². The monoisotopic (exact) mass is 411 g/mol. The molecule has 0 spiro atoms. The van der Waals surface area contributed by atoms with Crippen molar-refractivity contribution in [2.75, 3.05) is 41.4 Å². The van der Waals surface area contributed by atoms with E-state index < -0.39 is 17.7 Å². The Morgan fingerprint density at radius 1 is 1.20 bits per heavy atom. The first-order valence-corrected chi connectivity index (χ1v) is 9.44. The summed E-state index contributed by atoms with van der Waals surface area (Å²) in [4.78, 5) is 33.3. The maximum Gasteiger partial charge on any atom is 0.295 e. The molecule has 0 bridgehead atoms. The summed E-state index contributed by atoms with van der Waals surface area (Å²) in [5.41, 5.74) is 0.956. The van der Waals surface area contributed by atoms with Crippen molar-refractivity contribution < 1.29 is 24.2 Å². The number of carbonyl (C=O) groups is 2. The van der Waals surface area contributed by atoms with Crippen LogP contribution in [0.4, 0.5) is 0 Å². The van der Waals surface area contributed by atoms with Crippen LogP contribution in [0.25, 0.3) is 5.76 Å². The van der Waals surface area contributed by atoms with E-state index in [1.54, 1.807) is 42.7 Å². The smallest absolute Gasteiger partial charge is 0.295 e. The lowest BCUT2D eigenvalue weighted by molar-refractivity contribution is -0.140. The topological polar surface area (TPSA) is 92.2 Å². The van der Waals surface area contributed by atoms with E-state index in [4.69, 9.17) is 9.47 Å². The largest absolute Gasteiger partial charge is 0.507 e. The minimum absolute atomic E-state index is 0.00947. The molecule has 2 heterocycles. The molecule has 1 fully saturated rings. The summed E-state index contributed by atoms with van der Waals surface area (Å²) in [7, 11) is 6.75. The zero-order valence-electron chi connectivity index (χ0n) is 17.5. The Hall–Kier alpha value is -3.39. The quantitative estimate of drug-likeness (QED) is 0.424. The average Bonchev–Trinajstić information content (AvgIpc) is 3.02. The van der Waals surface area contributed by atoms with E-state index in [0.29, 0.717) is 35.7 Å². The number of pyridine rings is 1. The maximum atomic E-state index is 13.0. The Morgan fingerprint density at radius 2 is 1.97 bits per heavy atom. The molecule has 1 aliphatic heterocycles. The number of aliphatic hydroxyl groups is 1. The number of Topliss-reactive ketones (excluding diaryl/α,β-unsaturated/α-hetero) is 1. The van der Waals surface area contributed by atoms with Crippen molar-refractivity contribution in [1.29, 1.82) is 0 Å². The highest BCUT2D eigenvalue weighted by Gasteiger charge is 2.46. The van der Waals surface area contributed by atoms with Gasteiger partial charge in [-0.25, -0.2) is 0 Å². The summed E-state index contributed by atoms with van der Waals surface area (Å²) in [6, 6.07) is 7.63. The second-order valence-corrected chi connectivity index (χ2v) is 7.15. The minimum Gasteiger partial charge on any atom is -0.507 e. The molecule has 2 aromatic rings. The molecule has 8 heteroatoms. The third kappa shape index (κ3) is 3.99. The fraction of sp³-hybridized carbons (Fsp3) is 0.318. The molecule has 1 amide bonds. The van der Waals surface area contributed by atoms with E-state index in [0.717, 1.165) is 0 Å². The second kappa shape index (κ2) is 8.96. The number of carbonyl (C=O) groups excluding carboxylic acids is 2. The predicted molar refractivity (Wildman–Crippen MR) is 111 cm³/mol. The number of hydrogen-bond acceptors (Lipinski definition) is 7.